The van der Waals surface area contributed by atoms with E-state index in [1.807, 2.05) is 36.4 Å². The van der Waals surface area contributed by atoms with E-state index in [0.717, 1.165) is 11.3 Å². The zero-order valence-corrected chi connectivity index (χ0v) is 13.8. The Morgan fingerprint density at radius 3 is 2.64 bits per heavy atom. The number of pyridine rings is 1. The molecule has 2 N–H and O–H groups in total. The summed E-state index contributed by atoms with van der Waals surface area (Å²) in [5.74, 6) is -0.449. The molecule has 0 saturated heterocycles. The SMILES string of the molecule is O=C(Nc1cc(-c2ccccc2)ns1)c1c[nH]c2ccccc2c1=O. The van der Waals surface area contributed by atoms with Crippen molar-refractivity contribution in [2.45, 2.75) is 0 Å². The van der Waals surface area contributed by atoms with Crippen molar-refractivity contribution in [1.82, 2.24) is 9.36 Å². The van der Waals surface area contributed by atoms with E-state index in [0.29, 0.717) is 15.9 Å². The van der Waals surface area contributed by atoms with Gasteiger partial charge in [-0.15, -0.1) is 0 Å². The number of aromatic nitrogens is 2. The highest BCUT2D eigenvalue weighted by Crippen LogP contribution is 2.25. The number of H-pyrrole nitrogens is 1. The highest BCUT2D eigenvalue weighted by molar-refractivity contribution is 7.10. The van der Waals surface area contributed by atoms with E-state index >= 15 is 0 Å². The maximum Gasteiger partial charge on any atom is 0.261 e. The van der Waals surface area contributed by atoms with Crippen LogP contribution in [0.4, 0.5) is 5.00 Å². The molecule has 0 radical (unpaired) electrons. The Hall–Kier alpha value is -3.25. The van der Waals surface area contributed by atoms with Crippen molar-refractivity contribution in [3.8, 4) is 11.3 Å². The normalized spacial score (nSPS) is 10.7. The molecular formula is C19H13N3O2S. The van der Waals surface area contributed by atoms with Crippen LogP contribution in [0.25, 0.3) is 22.2 Å². The number of aromatic amines is 1. The number of carbonyl (C=O) groups excluding carboxylic acids is 1. The second kappa shape index (κ2) is 6.33. The van der Waals surface area contributed by atoms with Crippen LogP contribution in [0.3, 0.4) is 0 Å². The number of benzene rings is 2. The van der Waals surface area contributed by atoms with Gasteiger partial charge in [0.2, 0.25) is 5.43 Å². The fourth-order valence-corrected chi connectivity index (χ4v) is 3.25. The number of hydrogen-bond donors (Lipinski definition) is 2. The van der Waals surface area contributed by atoms with Crippen LogP contribution in [-0.4, -0.2) is 15.3 Å². The Bertz CT molecular complexity index is 1120. The molecular weight excluding hydrogens is 334 g/mol. The maximum absolute atomic E-state index is 12.5. The van der Waals surface area contributed by atoms with Gasteiger partial charge in [-0.1, -0.05) is 42.5 Å². The molecule has 5 nitrogen and oxygen atoms in total. The second-order valence-corrected chi connectivity index (χ2v) is 6.28. The van der Waals surface area contributed by atoms with Gasteiger partial charge in [0, 0.05) is 28.7 Å². The van der Waals surface area contributed by atoms with Crippen LogP contribution in [-0.2, 0) is 0 Å². The number of anilines is 1. The Kier molecular flexibility index (Phi) is 3.87. The first-order chi connectivity index (χ1) is 12.2. The summed E-state index contributed by atoms with van der Waals surface area (Å²) in [6.45, 7) is 0. The van der Waals surface area contributed by atoms with Crippen molar-refractivity contribution in [2.24, 2.45) is 0 Å². The molecule has 2 aromatic heterocycles. The third kappa shape index (κ3) is 2.95. The van der Waals surface area contributed by atoms with E-state index in [-0.39, 0.29) is 11.0 Å². The van der Waals surface area contributed by atoms with Gasteiger partial charge < -0.3 is 10.3 Å². The Balaban J connectivity index is 1.62. The van der Waals surface area contributed by atoms with Crippen LogP contribution < -0.4 is 10.7 Å². The number of amides is 1. The first kappa shape index (κ1) is 15.3. The quantitative estimate of drug-likeness (QED) is 0.590. The Labute approximate surface area is 147 Å². The third-order valence-corrected chi connectivity index (χ3v) is 4.55. The van der Waals surface area contributed by atoms with Gasteiger partial charge in [-0.05, 0) is 23.7 Å². The summed E-state index contributed by atoms with van der Waals surface area (Å²) in [4.78, 5) is 28.0. The first-order valence-electron chi connectivity index (χ1n) is 7.66. The number of carbonyl (C=O) groups is 1. The van der Waals surface area contributed by atoms with Crippen molar-refractivity contribution < 1.29 is 4.79 Å². The topological polar surface area (TPSA) is 74.8 Å². The lowest BCUT2D eigenvalue weighted by Gasteiger charge is -2.03. The average Bonchev–Trinajstić information content (AvgIpc) is 3.11. The lowest BCUT2D eigenvalue weighted by molar-refractivity contribution is 0.102. The molecule has 0 fully saturated rings. The molecule has 0 aliphatic heterocycles. The Morgan fingerprint density at radius 2 is 1.80 bits per heavy atom. The van der Waals surface area contributed by atoms with E-state index in [2.05, 4.69) is 14.7 Å². The summed E-state index contributed by atoms with van der Waals surface area (Å²) in [7, 11) is 0. The lowest BCUT2D eigenvalue weighted by atomic mass is 10.1. The third-order valence-electron chi connectivity index (χ3n) is 3.85. The Morgan fingerprint density at radius 1 is 1.04 bits per heavy atom. The number of rotatable bonds is 3. The van der Waals surface area contributed by atoms with Gasteiger partial charge in [0.1, 0.15) is 10.6 Å². The molecule has 0 aliphatic rings. The molecule has 25 heavy (non-hydrogen) atoms. The maximum atomic E-state index is 12.5. The van der Waals surface area contributed by atoms with Gasteiger partial charge in [-0.3, -0.25) is 9.59 Å². The number of hydrogen-bond acceptors (Lipinski definition) is 4. The van der Waals surface area contributed by atoms with Crippen molar-refractivity contribution >= 4 is 33.3 Å². The van der Waals surface area contributed by atoms with Gasteiger partial charge in [-0.25, -0.2) is 0 Å². The number of nitrogens with zero attached hydrogens (tertiary/aromatic N) is 1. The highest BCUT2D eigenvalue weighted by Gasteiger charge is 2.14. The zero-order chi connectivity index (χ0) is 17.2. The van der Waals surface area contributed by atoms with Gasteiger partial charge in [0.05, 0.1) is 5.69 Å². The van der Waals surface area contributed by atoms with Crippen LogP contribution in [0.15, 0.2) is 71.7 Å². The minimum Gasteiger partial charge on any atom is -0.360 e. The molecule has 6 heteroatoms. The molecule has 1 amide bonds. The molecule has 2 heterocycles. The largest absolute Gasteiger partial charge is 0.360 e. The van der Waals surface area contributed by atoms with Crippen molar-refractivity contribution in [3.63, 3.8) is 0 Å². The van der Waals surface area contributed by atoms with Crippen LogP contribution in [0.5, 0.6) is 0 Å². The zero-order valence-electron chi connectivity index (χ0n) is 13.0. The number of para-hydroxylation sites is 1. The monoisotopic (exact) mass is 347 g/mol. The predicted molar refractivity (Wildman–Crippen MR) is 100 cm³/mol. The minimum absolute atomic E-state index is 0.0772. The summed E-state index contributed by atoms with van der Waals surface area (Å²) in [5.41, 5.74) is 2.25. The van der Waals surface area contributed by atoms with Gasteiger partial charge in [0.25, 0.3) is 5.91 Å². The van der Waals surface area contributed by atoms with Gasteiger partial charge >= 0.3 is 0 Å². The highest BCUT2D eigenvalue weighted by atomic mass is 32.1. The molecule has 0 spiro atoms. The average molecular weight is 347 g/mol. The summed E-state index contributed by atoms with van der Waals surface area (Å²) in [6.07, 6.45) is 1.44. The van der Waals surface area contributed by atoms with E-state index in [1.165, 1.54) is 17.7 Å². The van der Waals surface area contributed by atoms with Crippen molar-refractivity contribution in [3.05, 3.63) is 82.6 Å². The molecule has 0 atom stereocenters. The summed E-state index contributed by atoms with van der Waals surface area (Å²) >= 11 is 1.18. The van der Waals surface area contributed by atoms with Gasteiger partial charge in [0.15, 0.2) is 0 Å². The van der Waals surface area contributed by atoms with Crippen molar-refractivity contribution in [1.29, 1.82) is 0 Å². The van der Waals surface area contributed by atoms with E-state index in [1.54, 1.807) is 24.3 Å². The molecule has 0 aliphatic carbocycles. The molecule has 0 bridgehead atoms. The summed E-state index contributed by atoms with van der Waals surface area (Å²) < 4.78 is 4.35. The minimum atomic E-state index is -0.449. The van der Waals surface area contributed by atoms with Crippen LogP contribution in [0.1, 0.15) is 10.4 Å². The standard InChI is InChI=1S/C19H13N3O2S/c23-18-13-8-4-5-9-15(13)20-11-14(18)19(24)21-17-10-16(22-25-17)12-6-2-1-3-7-12/h1-11H,(H,20,23)(H,21,24). The fraction of sp³-hybridized carbons (Fsp3) is 0. The lowest BCUT2D eigenvalue weighted by Crippen LogP contribution is -2.21. The number of fused-ring (bicyclic) bond motifs is 1. The second-order valence-electron chi connectivity index (χ2n) is 5.47. The fourth-order valence-electron chi connectivity index (χ4n) is 2.59. The molecule has 2 aromatic carbocycles. The van der Waals surface area contributed by atoms with Crippen LogP contribution in [0, 0.1) is 0 Å². The smallest absolute Gasteiger partial charge is 0.261 e. The first-order valence-corrected chi connectivity index (χ1v) is 8.43. The molecule has 122 valence electrons. The summed E-state index contributed by atoms with van der Waals surface area (Å²) in [5, 5.41) is 3.84. The van der Waals surface area contributed by atoms with Crippen LogP contribution in [0.2, 0.25) is 0 Å². The van der Waals surface area contributed by atoms with Crippen molar-refractivity contribution in [2.75, 3.05) is 5.32 Å². The molecule has 4 rings (SSSR count). The van der Waals surface area contributed by atoms with E-state index in [9.17, 15) is 9.59 Å². The van der Waals surface area contributed by atoms with E-state index in [4.69, 9.17) is 0 Å². The van der Waals surface area contributed by atoms with Crippen LogP contribution >= 0.6 is 11.5 Å². The summed E-state index contributed by atoms with van der Waals surface area (Å²) in [6, 6.07) is 18.6. The predicted octanol–water partition coefficient (Wildman–Crippen LogP) is 3.90. The van der Waals surface area contributed by atoms with E-state index < -0.39 is 5.91 Å². The molecule has 0 unspecified atom stereocenters. The molecule has 0 saturated carbocycles. The number of nitrogens with one attached hydrogen (secondary N) is 2. The molecule has 4 aromatic rings. The van der Waals surface area contributed by atoms with Gasteiger partial charge in [-0.2, -0.15) is 4.37 Å².